The molecule has 0 atom stereocenters. The SMILES string of the molecule is [CH]=CN(C)C. The molecule has 0 aromatic rings. The highest BCUT2D eigenvalue weighted by atomic mass is 15.0. The van der Waals surface area contributed by atoms with Crippen LogP contribution >= 0.6 is 0 Å². The van der Waals surface area contributed by atoms with Crippen molar-refractivity contribution >= 4 is 0 Å². The Labute approximate surface area is 32.9 Å². The maximum absolute atomic E-state index is 4.97. The molecule has 0 aromatic heterocycles. The molecule has 1 nitrogen and oxygen atoms in total. The van der Waals surface area contributed by atoms with Gasteiger partial charge in [-0.25, -0.2) is 0 Å². The van der Waals surface area contributed by atoms with Gasteiger partial charge >= 0.3 is 0 Å². The fourth-order valence-electron chi connectivity index (χ4n) is 0. The van der Waals surface area contributed by atoms with Gasteiger partial charge in [-0.05, 0) is 12.8 Å². The van der Waals surface area contributed by atoms with Crippen molar-refractivity contribution in [3.05, 3.63) is 12.8 Å². The molecule has 29 valence electrons. The van der Waals surface area contributed by atoms with Crippen LogP contribution in [-0.4, -0.2) is 19.0 Å². The van der Waals surface area contributed by atoms with Crippen LogP contribution < -0.4 is 0 Å². The minimum absolute atomic E-state index is 1.50. The van der Waals surface area contributed by atoms with E-state index in [4.69, 9.17) is 6.58 Å². The third-order valence-corrected chi connectivity index (χ3v) is 0.298. The first-order chi connectivity index (χ1) is 2.27. The van der Waals surface area contributed by atoms with Crippen molar-refractivity contribution in [1.29, 1.82) is 0 Å². The summed E-state index contributed by atoms with van der Waals surface area (Å²) in [7, 11) is 3.75. The summed E-state index contributed by atoms with van der Waals surface area (Å²) in [6.45, 7) is 4.97. The number of rotatable bonds is 1. The van der Waals surface area contributed by atoms with E-state index in [1.807, 2.05) is 14.1 Å². The molecule has 0 amide bonds. The molecular formula is C4H8N. The zero-order valence-corrected chi connectivity index (χ0v) is 3.60. The second-order valence-electron chi connectivity index (χ2n) is 1.11. The number of hydrogen-bond donors (Lipinski definition) is 0. The second kappa shape index (κ2) is 1.82. The Morgan fingerprint density at radius 3 is 1.80 bits per heavy atom. The van der Waals surface area contributed by atoms with E-state index in [9.17, 15) is 0 Å². The molecule has 0 spiro atoms. The lowest BCUT2D eigenvalue weighted by Crippen LogP contribution is -1.98. The lowest BCUT2D eigenvalue weighted by molar-refractivity contribution is 0.564. The summed E-state index contributed by atoms with van der Waals surface area (Å²) in [5.74, 6) is 0. The molecule has 5 heavy (non-hydrogen) atoms. The van der Waals surface area contributed by atoms with Gasteiger partial charge in [-0.15, -0.1) is 0 Å². The summed E-state index contributed by atoms with van der Waals surface area (Å²) >= 11 is 0. The minimum Gasteiger partial charge on any atom is -0.383 e. The van der Waals surface area contributed by atoms with Gasteiger partial charge in [0.1, 0.15) is 0 Å². The fraction of sp³-hybridized carbons (Fsp3) is 0.500. The molecule has 1 radical (unpaired) electrons. The third kappa shape index (κ3) is 3.54. The van der Waals surface area contributed by atoms with E-state index in [1.165, 1.54) is 6.20 Å². The summed E-state index contributed by atoms with van der Waals surface area (Å²) in [6.07, 6.45) is 1.50. The molecule has 0 N–H and O–H groups in total. The van der Waals surface area contributed by atoms with Crippen molar-refractivity contribution in [2.45, 2.75) is 0 Å². The van der Waals surface area contributed by atoms with E-state index in [0.717, 1.165) is 0 Å². The van der Waals surface area contributed by atoms with Gasteiger partial charge in [-0.1, -0.05) is 0 Å². The minimum atomic E-state index is 1.50. The fourth-order valence-corrected chi connectivity index (χ4v) is 0. The van der Waals surface area contributed by atoms with E-state index in [1.54, 1.807) is 4.90 Å². The standard InChI is InChI=1S/C4H8N/c1-4-5(2)3/h1,4H,2-3H3. The molecule has 0 saturated heterocycles. The first kappa shape index (κ1) is 4.54. The number of nitrogens with zero attached hydrogens (tertiary/aromatic N) is 1. The molecule has 0 unspecified atom stereocenters. The first-order valence-electron chi connectivity index (χ1n) is 1.49. The van der Waals surface area contributed by atoms with Crippen LogP contribution in [0.4, 0.5) is 0 Å². The maximum atomic E-state index is 4.97. The Balaban J connectivity index is 2.83. The highest BCUT2D eigenvalue weighted by molar-refractivity contribution is 4.54. The van der Waals surface area contributed by atoms with E-state index in [2.05, 4.69) is 0 Å². The van der Waals surface area contributed by atoms with Gasteiger partial charge in [0.15, 0.2) is 0 Å². The zero-order chi connectivity index (χ0) is 4.28. The normalized spacial score (nSPS) is 6.80. The smallest absolute Gasteiger partial charge is 0.00556 e. The number of hydrogen-bond acceptors (Lipinski definition) is 1. The van der Waals surface area contributed by atoms with Crippen LogP contribution in [0.25, 0.3) is 0 Å². The van der Waals surface area contributed by atoms with E-state index in [0.29, 0.717) is 0 Å². The van der Waals surface area contributed by atoms with Crippen molar-refractivity contribution in [3.63, 3.8) is 0 Å². The Bertz CT molecular complexity index is 30.6. The quantitative estimate of drug-likeness (QED) is 0.434. The van der Waals surface area contributed by atoms with Gasteiger partial charge in [0.2, 0.25) is 0 Å². The van der Waals surface area contributed by atoms with E-state index >= 15 is 0 Å². The van der Waals surface area contributed by atoms with Crippen molar-refractivity contribution in [2.24, 2.45) is 0 Å². The Hall–Kier alpha value is -0.460. The lowest BCUT2D eigenvalue weighted by atomic mass is 10.9. The van der Waals surface area contributed by atoms with Crippen molar-refractivity contribution in [3.8, 4) is 0 Å². The highest BCUT2D eigenvalue weighted by Gasteiger charge is 1.62. The van der Waals surface area contributed by atoms with Crippen molar-refractivity contribution < 1.29 is 0 Å². The highest BCUT2D eigenvalue weighted by Crippen LogP contribution is 1.64. The van der Waals surface area contributed by atoms with Crippen LogP contribution in [0.1, 0.15) is 0 Å². The van der Waals surface area contributed by atoms with Crippen molar-refractivity contribution in [2.75, 3.05) is 14.1 Å². The molecule has 0 aromatic carbocycles. The van der Waals surface area contributed by atoms with Crippen LogP contribution in [0.2, 0.25) is 0 Å². The lowest BCUT2D eigenvalue weighted by Gasteiger charge is -1.97. The molecule has 0 aliphatic heterocycles. The maximum Gasteiger partial charge on any atom is 0.00556 e. The van der Waals surface area contributed by atoms with Gasteiger partial charge in [0, 0.05) is 14.1 Å². The molecular weight excluding hydrogens is 62.1 g/mol. The Morgan fingerprint density at radius 2 is 1.80 bits per heavy atom. The van der Waals surface area contributed by atoms with Gasteiger partial charge in [-0.3, -0.25) is 0 Å². The predicted octanol–water partition coefficient (Wildman–Crippen LogP) is 0.495. The third-order valence-electron chi connectivity index (χ3n) is 0.298. The molecule has 0 aliphatic rings. The molecule has 0 rings (SSSR count). The average Bonchev–Trinajstić information content (AvgIpc) is 1.38. The summed E-state index contributed by atoms with van der Waals surface area (Å²) < 4.78 is 0. The molecule has 0 aliphatic carbocycles. The first-order valence-corrected chi connectivity index (χ1v) is 1.49. The molecule has 0 saturated carbocycles. The van der Waals surface area contributed by atoms with E-state index < -0.39 is 0 Å². The zero-order valence-electron chi connectivity index (χ0n) is 3.60. The Morgan fingerprint density at radius 1 is 1.60 bits per heavy atom. The van der Waals surface area contributed by atoms with E-state index in [-0.39, 0.29) is 0 Å². The predicted molar refractivity (Wildman–Crippen MR) is 22.6 cm³/mol. The van der Waals surface area contributed by atoms with Gasteiger partial charge < -0.3 is 4.90 Å². The van der Waals surface area contributed by atoms with Crippen LogP contribution in [0.15, 0.2) is 6.20 Å². The van der Waals surface area contributed by atoms with Crippen LogP contribution in [0.3, 0.4) is 0 Å². The summed E-state index contributed by atoms with van der Waals surface area (Å²) in [5, 5.41) is 0. The second-order valence-corrected chi connectivity index (χ2v) is 1.11. The molecule has 0 fully saturated rings. The topological polar surface area (TPSA) is 3.24 Å². The largest absolute Gasteiger partial charge is 0.383 e. The van der Waals surface area contributed by atoms with Crippen LogP contribution in [0.5, 0.6) is 0 Å². The molecule has 0 heterocycles. The summed E-state index contributed by atoms with van der Waals surface area (Å²) in [4.78, 5) is 1.78. The van der Waals surface area contributed by atoms with Crippen LogP contribution in [-0.2, 0) is 0 Å². The Kier molecular flexibility index (Phi) is 1.65. The molecule has 1 heteroatoms. The average molecular weight is 70.1 g/mol. The van der Waals surface area contributed by atoms with Gasteiger partial charge in [0.05, 0.1) is 0 Å². The van der Waals surface area contributed by atoms with Gasteiger partial charge in [-0.2, -0.15) is 0 Å². The van der Waals surface area contributed by atoms with Crippen molar-refractivity contribution in [1.82, 2.24) is 4.90 Å². The van der Waals surface area contributed by atoms with Gasteiger partial charge in [0.25, 0.3) is 0 Å². The summed E-state index contributed by atoms with van der Waals surface area (Å²) in [6, 6.07) is 0. The monoisotopic (exact) mass is 70.1 g/mol. The molecule has 0 bridgehead atoms. The van der Waals surface area contributed by atoms with Crippen LogP contribution in [0, 0.1) is 6.58 Å². The summed E-state index contributed by atoms with van der Waals surface area (Å²) in [5.41, 5.74) is 0.